The molecular weight excluding hydrogens is 518 g/mol. The molecular formula is C29H39N3O6S. The minimum absolute atomic E-state index is 0.0981. The van der Waals surface area contributed by atoms with Crippen molar-refractivity contribution in [1.82, 2.24) is 10.2 Å². The standard InChI is InChI=1S/C29H39N3O6S/c1-4-25(29(34)30-23-12-6-5-7-13-23)31(19-22-11-9-8-10-21(22)2)28(33)20-32(39(3,35)36)24-14-15-26-27(18-24)38-17-16-37-26/h8-11,14-15,18,23,25H,4-7,12-13,16-17,19-20H2,1-3H3,(H,30,34)/t25-/m1/s1. The Labute approximate surface area is 231 Å². The molecule has 1 atom stereocenters. The van der Waals surface area contributed by atoms with Crippen LogP contribution in [-0.4, -0.2) is 63.2 Å². The molecule has 1 heterocycles. The summed E-state index contributed by atoms with van der Waals surface area (Å²) in [6, 6.07) is 11.9. The van der Waals surface area contributed by atoms with Gasteiger partial charge in [-0.25, -0.2) is 8.42 Å². The monoisotopic (exact) mass is 557 g/mol. The Balaban J connectivity index is 1.63. The van der Waals surface area contributed by atoms with Crippen molar-refractivity contribution in [1.29, 1.82) is 0 Å². The van der Waals surface area contributed by atoms with E-state index in [-0.39, 0.29) is 18.5 Å². The molecule has 0 radical (unpaired) electrons. The van der Waals surface area contributed by atoms with E-state index in [0.29, 0.717) is 36.8 Å². The van der Waals surface area contributed by atoms with Crippen LogP contribution in [0.25, 0.3) is 0 Å². The van der Waals surface area contributed by atoms with Gasteiger partial charge < -0.3 is 19.7 Å². The van der Waals surface area contributed by atoms with Crippen molar-refractivity contribution in [2.75, 3.05) is 30.3 Å². The quantitative estimate of drug-likeness (QED) is 0.477. The van der Waals surface area contributed by atoms with Crippen LogP contribution in [0.3, 0.4) is 0 Å². The molecule has 10 heteroatoms. The van der Waals surface area contributed by atoms with Crippen molar-refractivity contribution in [3.63, 3.8) is 0 Å². The summed E-state index contributed by atoms with van der Waals surface area (Å²) >= 11 is 0. The van der Waals surface area contributed by atoms with Gasteiger partial charge in [-0.1, -0.05) is 50.5 Å². The number of nitrogens with zero attached hydrogens (tertiary/aromatic N) is 2. The summed E-state index contributed by atoms with van der Waals surface area (Å²) in [4.78, 5) is 29.0. The highest BCUT2D eigenvalue weighted by molar-refractivity contribution is 7.92. The molecule has 0 aromatic heterocycles. The summed E-state index contributed by atoms with van der Waals surface area (Å²) in [5.41, 5.74) is 2.19. The summed E-state index contributed by atoms with van der Waals surface area (Å²) in [6.07, 6.45) is 6.65. The molecule has 1 aliphatic heterocycles. The number of nitrogens with one attached hydrogen (secondary N) is 1. The van der Waals surface area contributed by atoms with Crippen LogP contribution in [0.4, 0.5) is 5.69 Å². The Morgan fingerprint density at radius 2 is 1.72 bits per heavy atom. The van der Waals surface area contributed by atoms with Gasteiger partial charge in [0, 0.05) is 18.7 Å². The first-order valence-corrected chi connectivity index (χ1v) is 15.5. The molecule has 2 aliphatic rings. The van der Waals surface area contributed by atoms with E-state index in [4.69, 9.17) is 9.47 Å². The topological polar surface area (TPSA) is 105 Å². The molecule has 2 amide bonds. The predicted octanol–water partition coefficient (Wildman–Crippen LogP) is 3.79. The third-order valence-electron chi connectivity index (χ3n) is 7.43. The minimum Gasteiger partial charge on any atom is -0.486 e. The van der Waals surface area contributed by atoms with Gasteiger partial charge in [0.15, 0.2) is 11.5 Å². The zero-order valence-electron chi connectivity index (χ0n) is 23.0. The van der Waals surface area contributed by atoms with E-state index in [1.807, 2.05) is 38.1 Å². The number of sulfonamides is 1. The zero-order valence-corrected chi connectivity index (χ0v) is 23.8. The molecule has 0 unspecified atom stereocenters. The fraction of sp³-hybridized carbons (Fsp3) is 0.517. The first-order chi connectivity index (χ1) is 18.7. The summed E-state index contributed by atoms with van der Waals surface area (Å²) in [6.45, 7) is 4.35. The second-order valence-electron chi connectivity index (χ2n) is 10.3. The number of ether oxygens (including phenoxy) is 2. The van der Waals surface area contributed by atoms with E-state index in [1.165, 1.54) is 11.3 Å². The van der Waals surface area contributed by atoms with Crippen molar-refractivity contribution in [3.05, 3.63) is 53.6 Å². The highest BCUT2D eigenvalue weighted by atomic mass is 32.2. The smallest absolute Gasteiger partial charge is 0.244 e. The van der Waals surface area contributed by atoms with Gasteiger partial charge in [-0.2, -0.15) is 0 Å². The highest BCUT2D eigenvalue weighted by Gasteiger charge is 2.33. The number of benzene rings is 2. The van der Waals surface area contributed by atoms with Gasteiger partial charge in [0.2, 0.25) is 21.8 Å². The third-order valence-corrected chi connectivity index (χ3v) is 8.57. The third kappa shape index (κ3) is 7.23. The Hall–Kier alpha value is -3.27. The largest absolute Gasteiger partial charge is 0.486 e. The van der Waals surface area contributed by atoms with E-state index in [0.717, 1.165) is 47.4 Å². The molecule has 0 spiro atoms. The lowest BCUT2D eigenvalue weighted by molar-refractivity contribution is -0.140. The SMILES string of the molecule is CC[C@H](C(=O)NC1CCCCC1)N(Cc1ccccc1C)C(=O)CN(c1ccc2c(c1)OCCO2)S(C)(=O)=O. The number of amides is 2. The van der Waals surface area contributed by atoms with Crippen LogP contribution in [-0.2, 0) is 26.2 Å². The van der Waals surface area contributed by atoms with Crippen molar-refractivity contribution in [3.8, 4) is 11.5 Å². The molecule has 1 N–H and O–H groups in total. The first kappa shape index (κ1) is 28.7. The van der Waals surface area contributed by atoms with Crippen molar-refractivity contribution < 1.29 is 27.5 Å². The second kappa shape index (κ2) is 12.7. The number of anilines is 1. The zero-order chi connectivity index (χ0) is 28.0. The number of hydrogen-bond acceptors (Lipinski definition) is 6. The van der Waals surface area contributed by atoms with E-state index >= 15 is 0 Å². The van der Waals surface area contributed by atoms with Gasteiger partial charge in [0.05, 0.1) is 11.9 Å². The fourth-order valence-corrected chi connectivity index (χ4v) is 6.08. The molecule has 39 heavy (non-hydrogen) atoms. The average Bonchev–Trinajstić information content (AvgIpc) is 2.92. The summed E-state index contributed by atoms with van der Waals surface area (Å²) in [5.74, 6) is 0.298. The first-order valence-electron chi connectivity index (χ1n) is 13.7. The lowest BCUT2D eigenvalue weighted by atomic mass is 9.95. The number of fused-ring (bicyclic) bond motifs is 1. The molecule has 2 aromatic carbocycles. The molecule has 1 aliphatic carbocycles. The maximum atomic E-state index is 14.0. The summed E-state index contributed by atoms with van der Waals surface area (Å²) in [5, 5.41) is 3.16. The molecule has 0 bridgehead atoms. The molecule has 4 rings (SSSR count). The van der Waals surface area contributed by atoms with Gasteiger partial charge in [0.1, 0.15) is 25.8 Å². The van der Waals surface area contributed by atoms with Crippen molar-refractivity contribution >= 4 is 27.5 Å². The van der Waals surface area contributed by atoms with Crippen molar-refractivity contribution in [2.24, 2.45) is 0 Å². The molecule has 1 saturated carbocycles. The van der Waals surface area contributed by atoms with Gasteiger partial charge in [-0.3, -0.25) is 13.9 Å². The van der Waals surface area contributed by atoms with Gasteiger partial charge in [0.25, 0.3) is 0 Å². The maximum Gasteiger partial charge on any atom is 0.244 e. The van der Waals surface area contributed by atoms with Crippen LogP contribution >= 0.6 is 0 Å². The van der Waals surface area contributed by atoms with E-state index in [2.05, 4.69) is 5.32 Å². The van der Waals surface area contributed by atoms with Crippen LogP contribution in [0.5, 0.6) is 11.5 Å². The van der Waals surface area contributed by atoms with Gasteiger partial charge in [-0.05, 0) is 49.4 Å². The van der Waals surface area contributed by atoms with Crippen LogP contribution in [0.1, 0.15) is 56.6 Å². The maximum absolute atomic E-state index is 14.0. The van der Waals surface area contributed by atoms with Crippen molar-refractivity contribution in [2.45, 2.75) is 71.0 Å². The van der Waals surface area contributed by atoms with E-state index < -0.39 is 28.5 Å². The number of hydrogen-bond donors (Lipinski definition) is 1. The lowest BCUT2D eigenvalue weighted by Gasteiger charge is -2.34. The van der Waals surface area contributed by atoms with Crippen LogP contribution in [0.2, 0.25) is 0 Å². The second-order valence-corrected chi connectivity index (χ2v) is 12.2. The lowest BCUT2D eigenvalue weighted by Crippen LogP contribution is -2.54. The Morgan fingerprint density at radius 1 is 1.03 bits per heavy atom. The van der Waals surface area contributed by atoms with E-state index in [9.17, 15) is 18.0 Å². The number of carbonyl (C=O) groups excluding carboxylic acids is 2. The predicted molar refractivity (Wildman–Crippen MR) is 150 cm³/mol. The Morgan fingerprint density at radius 3 is 2.38 bits per heavy atom. The molecule has 1 fully saturated rings. The summed E-state index contributed by atoms with van der Waals surface area (Å²) in [7, 11) is -3.84. The van der Waals surface area contributed by atoms with Crippen LogP contribution in [0.15, 0.2) is 42.5 Å². The molecule has 212 valence electrons. The number of carbonyl (C=O) groups is 2. The van der Waals surface area contributed by atoms with Crippen LogP contribution in [0, 0.1) is 6.92 Å². The highest BCUT2D eigenvalue weighted by Crippen LogP contribution is 2.35. The van der Waals surface area contributed by atoms with Crippen LogP contribution < -0.4 is 19.1 Å². The molecule has 0 saturated heterocycles. The number of rotatable bonds is 10. The Bertz CT molecular complexity index is 1280. The average molecular weight is 558 g/mol. The van der Waals surface area contributed by atoms with Gasteiger partial charge in [-0.15, -0.1) is 0 Å². The minimum atomic E-state index is -3.84. The Kier molecular flexibility index (Phi) is 9.37. The molecule has 2 aromatic rings. The van der Waals surface area contributed by atoms with Gasteiger partial charge >= 0.3 is 0 Å². The molecule has 9 nitrogen and oxygen atoms in total. The fourth-order valence-electron chi connectivity index (χ4n) is 5.24. The normalized spacial score (nSPS) is 16.3. The van der Waals surface area contributed by atoms with E-state index in [1.54, 1.807) is 18.2 Å². The number of aryl methyl sites for hydroxylation is 1. The summed E-state index contributed by atoms with van der Waals surface area (Å²) < 4.78 is 38.1.